The van der Waals surface area contributed by atoms with E-state index in [1.807, 2.05) is 28.1 Å². The Morgan fingerprint density at radius 2 is 2.06 bits per heavy atom. The van der Waals surface area contributed by atoms with Crippen molar-refractivity contribution in [3.05, 3.63) is 47.2 Å². The molecule has 1 aliphatic heterocycles. The lowest BCUT2D eigenvalue weighted by atomic mass is 10.3. The van der Waals surface area contributed by atoms with Crippen LogP contribution in [0, 0.1) is 0 Å². The van der Waals surface area contributed by atoms with Crippen LogP contribution in [0.15, 0.2) is 41.4 Å². The number of nitrogens with zero attached hydrogens (tertiary/aromatic N) is 6. The third kappa shape index (κ3) is 3.41. The smallest absolute Gasteiger partial charge is 0.229 e. The summed E-state index contributed by atoms with van der Waals surface area (Å²) < 4.78 is 7.49. The largest absolute Gasteiger partial charge is 0.399 e. The first-order chi connectivity index (χ1) is 15.7. The van der Waals surface area contributed by atoms with Gasteiger partial charge in [0.25, 0.3) is 0 Å². The van der Waals surface area contributed by atoms with Crippen LogP contribution in [0.25, 0.3) is 27.9 Å². The number of morpholine rings is 1. The number of benzene rings is 1. The zero-order valence-electron chi connectivity index (χ0n) is 17.2. The summed E-state index contributed by atoms with van der Waals surface area (Å²) in [7, 11) is 0. The number of ether oxygens (including phenoxy) is 1. The van der Waals surface area contributed by atoms with E-state index in [4.69, 9.17) is 20.4 Å². The van der Waals surface area contributed by atoms with Crippen molar-refractivity contribution >= 4 is 51.0 Å². The van der Waals surface area contributed by atoms with Crippen LogP contribution in [0.2, 0.25) is 0 Å². The van der Waals surface area contributed by atoms with Gasteiger partial charge in [0.1, 0.15) is 12.2 Å². The van der Waals surface area contributed by atoms with Crippen molar-refractivity contribution in [1.82, 2.24) is 29.5 Å². The number of H-pyrrole nitrogens is 1. The molecule has 5 aromatic rings. The maximum atomic E-state index is 5.88. The molecule has 0 saturated carbocycles. The molecule has 11 heteroatoms. The lowest BCUT2D eigenvalue weighted by Crippen LogP contribution is -2.37. The van der Waals surface area contributed by atoms with Gasteiger partial charge in [0.05, 0.1) is 36.5 Å². The predicted octanol–water partition coefficient (Wildman–Crippen LogP) is 2.78. The van der Waals surface area contributed by atoms with Gasteiger partial charge in [0.2, 0.25) is 5.95 Å². The SMILES string of the molecule is Nc1ccc2[nH]c(CNc3nc(N4CCOCC4)nc4c3ncn4-c3ccsc3)nc2c1. The molecule has 5 heterocycles. The van der Waals surface area contributed by atoms with Crippen molar-refractivity contribution in [2.45, 2.75) is 6.54 Å². The number of aromatic nitrogens is 6. The Morgan fingerprint density at radius 1 is 1.16 bits per heavy atom. The summed E-state index contributed by atoms with van der Waals surface area (Å²) >= 11 is 1.64. The number of hydrogen-bond donors (Lipinski definition) is 3. The van der Waals surface area contributed by atoms with E-state index >= 15 is 0 Å². The second-order valence-electron chi connectivity index (χ2n) is 7.55. The Labute approximate surface area is 187 Å². The average Bonchev–Trinajstić information content (AvgIpc) is 3.56. The minimum atomic E-state index is 0.467. The Hall–Kier alpha value is -3.70. The second kappa shape index (κ2) is 7.77. The number of rotatable bonds is 5. The average molecular weight is 448 g/mol. The highest BCUT2D eigenvalue weighted by Gasteiger charge is 2.20. The number of anilines is 3. The third-order valence-electron chi connectivity index (χ3n) is 5.44. The Morgan fingerprint density at radius 3 is 2.91 bits per heavy atom. The van der Waals surface area contributed by atoms with E-state index in [0.717, 1.165) is 41.3 Å². The van der Waals surface area contributed by atoms with Crippen LogP contribution in [-0.4, -0.2) is 55.8 Å². The van der Waals surface area contributed by atoms with Crippen LogP contribution in [0.3, 0.4) is 0 Å². The summed E-state index contributed by atoms with van der Waals surface area (Å²) in [6.07, 6.45) is 1.79. The molecule has 1 aromatic carbocycles. The lowest BCUT2D eigenvalue weighted by molar-refractivity contribution is 0.122. The highest BCUT2D eigenvalue weighted by molar-refractivity contribution is 7.08. The molecular weight excluding hydrogens is 426 g/mol. The van der Waals surface area contributed by atoms with E-state index in [1.54, 1.807) is 17.7 Å². The van der Waals surface area contributed by atoms with E-state index in [2.05, 4.69) is 36.6 Å². The number of nitrogens with one attached hydrogen (secondary N) is 2. The molecule has 1 saturated heterocycles. The summed E-state index contributed by atoms with van der Waals surface area (Å²) in [6, 6.07) is 7.70. The topological polar surface area (TPSA) is 123 Å². The molecule has 0 bridgehead atoms. The fourth-order valence-electron chi connectivity index (χ4n) is 3.83. The fraction of sp³-hybridized carbons (Fsp3) is 0.238. The minimum Gasteiger partial charge on any atom is -0.399 e. The first-order valence-corrected chi connectivity index (χ1v) is 11.3. The standard InChI is InChI=1S/C21H21N9OS/c22-13-1-2-15-16(9-13)26-17(25-15)10-23-19-18-20(30(12-24-18)14-3-8-32-11-14)28-21(27-19)29-4-6-31-7-5-29/h1-3,8-9,11-12H,4-7,10,22H2,(H,25,26)(H,23,27,28). The van der Waals surface area contributed by atoms with Crippen molar-refractivity contribution in [2.24, 2.45) is 0 Å². The van der Waals surface area contributed by atoms with Crippen LogP contribution >= 0.6 is 11.3 Å². The summed E-state index contributed by atoms with van der Waals surface area (Å²) in [5.41, 5.74) is 10.9. The van der Waals surface area contributed by atoms with Crippen LogP contribution in [0.5, 0.6) is 0 Å². The molecule has 10 nitrogen and oxygen atoms in total. The zero-order valence-corrected chi connectivity index (χ0v) is 18.0. The van der Waals surface area contributed by atoms with Crippen LogP contribution in [-0.2, 0) is 11.3 Å². The number of fused-ring (bicyclic) bond motifs is 2. The summed E-state index contributed by atoms with van der Waals surface area (Å²) in [5.74, 6) is 2.13. The van der Waals surface area contributed by atoms with E-state index in [-0.39, 0.29) is 0 Å². The lowest BCUT2D eigenvalue weighted by Gasteiger charge is -2.27. The highest BCUT2D eigenvalue weighted by atomic mass is 32.1. The van der Waals surface area contributed by atoms with Gasteiger partial charge in [-0.25, -0.2) is 9.97 Å². The Bertz CT molecular complexity index is 1390. The van der Waals surface area contributed by atoms with Crippen molar-refractivity contribution in [1.29, 1.82) is 0 Å². The third-order valence-corrected chi connectivity index (χ3v) is 6.11. The van der Waals surface area contributed by atoms with Gasteiger partial charge < -0.3 is 25.7 Å². The molecule has 1 aliphatic rings. The quantitative estimate of drug-likeness (QED) is 0.352. The Balaban J connectivity index is 1.38. The molecule has 0 spiro atoms. The van der Waals surface area contributed by atoms with Crippen LogP contribution in [0.1, 0.15) is 5.82 Å². The van der Waals surface area contributed by atoms with Gasteiger partial charge in [-0.15, -0.1) is 0 Å². The van der Waals surface area contributed by atoms with Crippen molar-refractivity contribution in [3.8, 4) is 5.69 Å². The van der Waals surface area contributed by atoms with Gasteiger partial charge >= 0.3 is 0 Å². The number of imidazole rings is 2. The number of thiophene rings is 1. The molecule has 6 rings (SSSR count). The highest BCUT2D eigenvalue weighted by Crippen LogP contribution is 2.26. The molecule has 0 unspecified atom stereocenters. The second-order valence-corrected chi connectivity index (χ2v) is 8.33. The van der Waals surface area contributed by atoms with Crippen molar-refractivity contribution in [2.75, 3.05) is 42.3 Å². The molecule has 4 aromatic heterocycles. The zero-order chi connectivity index (χ0) is 21.5. The van der Waals surface area contributed by atoms with E-state index in [0.29, 0.717) is 42.7 Å². The summed E-state index contributed by atoms with van der Waals surface area (Å²) in [4.78, 5) is 24.4. The monoisotopic (exact) mass is 447 g/mol. The summed E-state index contributed by atoms with van der Waals surface area (Å²) in [5, 5.41) is 7.53. The predicted molar refractivity (Wildman–Crippen MR) is 125 cm³/mol. The molecular formula is C21H21N9OS. The first kappa shape index (κ1) is 19.0. The van der Waals surface area contributed by atoms with E-state index < -0.39 is 0 Å². The van der Waals surface area contributed by atoms with Gasteiger partial charge in [0.15, 0.2) is 17.0 Å². The normalized spacial score (nSPS) is 14.4. The molecule has 0 atom stereocenters. The summed E-state index contributed by atoms with van der Waals surface area (Å²) in [6.45, 7) is 3.30. The molecule has 0 radical (unpaired) electrons. The number of nitrogen functional groups attached to an aromatic ring is 1. The maximum Gasteiger partial charge on any atom is 0.229 e. The van der Waals surface area contributed by atoms with Gasteiger partial charge in [-0.05, 0) is 29.6 Å². The van der Waals surface area contributed by atoms with E-state index in [1.165, 1.54) is 0 Å². The Kier molecular flexibility index (Phi) is 4.62. The molecule has 0 aliphatic carbocycles. The maximum absolute atomic E-state index is 5.88. The molecule has 0 amide bonds. The number of aromatic amines is 1. The number of nitrogens with two attached hydrogens (primary N) is 1. The van der Waals surface area contributed by atoms with Gasteiger partial charge in [-0.1, -0.05) is 0 Å². The first-order valence-electron chi connectivity index (χ1n) is 10.3. The molecule has 32 heavy (non-hydrogen) atoms. The molecule has 4 N–H and O–H groups in total. The molecule has 1 fully saturated rings. The van der Waals surface area contributed by atoms with Crippen LogP contribution in [0.4, 0.5) is 17.5 Å². The van der Waals surface area contributed by atoms with Gasteiger partial charge in [-0.2, -0.15) is 21.3 Å². The van der Waals surface area contributed by atoms with Crippen molar-refractivity contribution in [3.63, 3.8) is 0 Å². The van der Waals surface area contributed by atoms with E-state index in [9.17, 15) is 0 Å². The van der Waals surface area contributed by atoms with Crippen LogP contribution < -0.4 is 16.0 Å². The van der Waals surface area contributed by atoms with Crippen molar-refractivity contribution < 1.29 is 4.74 Å². The minimum absolute atomic E-state index is 0.467. The van der Waals surface area contributed by atoms with Gasteiger partial charge in [0, 0.05) is 24.2 Å². The molecule has 162 valence electrons. The number of hydrogen-bond acceptors (Lipinski definition) is 9. The van der Waals surface area contributed by atoms with Gasteiger partial charge in [-0.3, -0.25) is 4.57 Å². The fourth-order valence-corrected chi connectivity index (χ4v) is 4.45.